The van der Waals surface area contributed by atoms with Gasteiger partial charge in [0.2, 0.25) is 5.91 Å². The molecule has 1 N–H and O–H groups in total. The van der Waals surface area contributed by atoms with Crippen molar-refractivity contribution in [2.24, 2.45) is 7.05 Å². The molecule has 0 bridgehead atoms. The van der Waals surface area contributed by atoms with Crippen LogP contribution in [0.15, 0.2) is 30.6 Å². The molecule has 146 valence electrons. The number of aryl methyl sites for hydroxylation is 1. The van der Waals surface area contributed by atoms with E-state index in [2.05, 4.69) is 10.00 Å². The van der Waals surface area contributed by atoms with E-state index in [9.17, 15) is 9.90 Å². The summed E-state index contributed by atoms with van der Waals surface area (Å²) in [6.45, 7) is 1.72. The first-order valence-electron chi connectivity index (χ1n) is 8.87. The highest BCUT2D eigenvalue weighted by Gasteiger charge is 2.37. The summed E-state index contributed by atoms with van der Waals surface area (Å²) in [5.74, 6) is 0.0104. The minimum Gasteiger partial charge on any atom is -0.506 e. The average molecular weight is 393 g/mol. The molecular formula is C19H25ClN4O3. The molecule has 1 aromatic carbocycles. The molecule has 8 heteroatoms. The number of phenols is 1. The Morgan fingerprint density at radius 2 is 2.22 bits per heavy atom. The number of hydrogen-bond donors (Lipinski definition) is 1. The van der Waals surface area contributed by atoms with E-state index in [1.807, 2.05) is 32.2 Å². The Hall–Kier alpha value is -2.09. The van der Waals surface area contributed by atoms with Gasteiger partial charge in [0.1, 0.15) is 5.75 Å². The van der Waals surface area contributed by atoms with Crippen LogP contribution in [0, 0.1) is 0 Å². The number of amides is 1. The Balaban J connectivity index is 1.85. The van der Waals surface area contributed by atoms with Crippen LogP contribution in [0.5, 0.6) is 5.75 Å². The predicted molar refractivity (Wildman–Crippen MR) is 103 cm³/mol. The van der Waals surface area contributed by atoms with Crippen LogP contribution in [0.3, 0.4) is 0 Å². The maximum absolute atomic E-state index is 13.1. The molecule has 7 nitrogen and oxygen atoms in total. The second-order valence-electron chi connectivity index (χ2n) is 7.11. The van der Waals surface area contributed by atoms with Crippen molar-refractivity contribution in [3.05, 3.63) is 46.7 Å². The van der Waals surface area contributed by atoms with Gasteiger partial charge in [0.05, 0.1) is 36.4 Å². The third kappa shape index (κ3) is 4.61. The Morgan fingerprint density at radius 1 is 1.44 bits per heavy atom. The molecule has 0 spiro atoms. The van der Waals surface area contributed by atoms with Crippen molar-refractivity contribution in [2.75, 3.05) is 33.8 Å². The number of rotatable bonds is 5. The van der Waals surface area contributed by atoms with Crippen molar-refractivity contribution < 1.29 is 14.6 Å². The third-order valence-corrected chi connectivity index (χ3v) is 4.95. The van der Waals surface area contributed by atoms with Crippen LogP contribution in [0.4, 0.5) is 0 Å². The number of ether oxygens (including phenoxy) is 1. The topological polar surface area (TPSA) is 70.8 Å². The Morgan fingerprint density at radius 3 is 2.85 bits per heavy atom. The maximum atomic E-state index is 13.1. The zero-order chi connectivity index (χ0) is 19.6. The largest absolute Gasteiger partial charge is 0.506 e. The number of halogens is 1. The Kier molecular flexibility index (Phi) is 6.04. The van der Waals surface area contributed by atoms with Crippen LogP contribution >= 0.6 is 11.6 Å². The molecule has 2 aromatic rings. The number of phenolic OH excluding ortho intramolecular Hbond substituents is 1. The molecule has 1 saturated heterocycles. The Bertz CT molecular complexity index is 808. The van der Waals surface area contributed by atoms with Gasteiger partial charge in [-0.05, 0) is 31.8 Å². The van der Waals surface area contributed by atoms with Gasteiger partial charge in [-0.25, -0.2) is 0 Å². The van der Waals surface area contributed by atoms with Crippen molar-refractivity contribution >= 4 is 17.5 Å². The molecule has 2 heterocycles. The summed E-state index contributed by atoms with van der Waals surface area (Å²) in [6, 6.07) is 4.66. The zero-order valence-electron chi connectivity index (χ0n) is 15.8. The van der Waals surface area contributed by atoms with Gasteiger partial charge in [0.15, 0.2) is 0 Å². The summed E-state index contributed by atoms with van der Waals surface area (Å²) in [7, 11) is 5.84. The second kappa shape index (κ2) is 8.29. The quantitative estimate of drug-likeness (QED) is 0.840. The lowest BCUT2D eigenvalue weighted by Crippen LogP contribution is -2.51. The summed E-state index contributed by atoms with van der Waals surface area (Å²) >= 11 is 5.98. The van der Waals surface area contributed by atoms with Crippen LogP contribution in [0.25, 0.3) is 0 Å². The predicted octanol–water partition coefficient (Wildman–Crippen LogP) is 1.85. The third-order valence-electron chi connectivity index (χ3n) is 4.65. The van der Waals surface area contributed by atoms with Gasteiger partial charge in [0.25, 0.3) is 0 Å². The van der Waals surface area contributed by atoms with Gasteiger partial charge < -0.3 is 19.6 Å². The number of aromatic nitrogens is 2. The molecule has 1 aromatic heterocycles. The van der Waals surface area contributed by atoms with Crippen molar-refractivity contribution in [3.8, 4) is 5.75 Å². The molecule has 27 heavy (non-hydrogen) atoms. The number of carbonyl (C=O) groups excluding carboxylic acids is 1. The van der Waals surface area contributed by atoms with Gasteiger partial charge in [-0.1, -0.05) is 17.7 Å². The molecule has 0 radical (unpaired) electrons. The molecule has 1 aliphatic heterocycles. The second-order valence-corrected chi connectivity index (χ2v) is 7.52. The van der Waals surface area contributed by atoms with Crippen molar-refractivity contribution in [2.45, 2.75) is 18.6 Å². The van der Waals surface area contributed by atoms with E-state index < -0.39 is 0 Å². The number of aromatic hydroxyl groups is 1. The first-order valence-corrected chi connectivity index (χ1v) is 9.24. The van der Waals surface area contributed by atoms with Crippen molar-refractivity contribution in [3.63, 3.8) is 0 Å². The number of morpholine rings is 1. The smallest absolute Gasteiger partial charge is 0.227 e. The van der Waals surface area contributed by atoms with Crippen LogP contribution in [0.2, 0.25) is 5.02 Å². The lowest BCUT2D eigenvalue weighted by Gasteiger charge is -2.42. The SMILES string of the molecule is CN(C)C[C@@H]1OCCN(C(=O)Cc2ccc(O)c(Cl)c2)[C@H]1c1cnn(C)c1. The normalized spacial score (nSPS) is 20.3. The van der Waals surface area contributed by atoms with Gasteiger partial charge in [-0.3, -0.25) is 9.48 Å². The molecular weight excluding hydrogens is 368 g/mol. The molecule has 0 saturated carbocycles. The highest BCUT2D eigenvalue weighted by molar-refractivity contribution is 6.32. The van der Waals surface area contributed by atoms with E-state index >= 15 is 0 Å². The molecule has 1 aliphatic rings. The first-order chi connectivity index (χ1) is 12.8. The minimum atomic E-state index is -0.199. The molecule has 2 atom stereocenters. The standard InChI is InChI=1S/C19H25ClN4O3/c1-22(2)12-17-19(14-10-21-23(3)11-14)24(6-7-27-17)18(26)9-13-4-5-16(25)15(20)8-13/h4-5,8,10-11,17,19,25H,6-7,9,12H2,1-3H3/t17-,19-/m0/s1. The number of likely N-dealkylation sites (N-methyl/N-ethyl adjacent to an activating group) is 1. The van der Waals surface area contributed by atoms with Crippen LogP contribution in [-0.2, 0) is 23.0 Å². The molecule has 0 aliphatic carbocycles. The van der Waals surface area contributed by atoms with Gasteiger partial charge >= 0.3 is 0 Å². The van der Waals surface area contributed by atoms with E-state index in [4.69, 9.17) is 16.3 Å². The van der Waals surface area contributed by atoms with Gasteiger partial charge in [-0.15, -0.1) is 0 Å². The molecule has 1 fully saturated rings. The van der Waals surface area contributed by atoms with E-state index in [1.165, 1.54) is 6.07 Å². The lowest BCUT2D eigenvalue weighted by molar-refractivity contribution is -0.147. The monoisotopic (exact) mass is 392 g/mol. The van der Waals surface area contributed by atoms with Crippen LogP contribution in [-0.4, -0.2) is 70.5 Å². The average Bonchev–Trinajstić information content (AvgIpc) is 3.03. The Labute approximate surface area is 164 Å². The van der Waals surface area contributed by atoms with E-state index in [0.29, 0.717) is 19.7 Å². The minimum absolute atomic E-state index is 0.00216. The molecule has 0 unspecified atom stereocenters. The first kappa shape index (κ1) is 19.7. The molecule has 3 rings (SSSR count). The molecule has 1 amide bonds. The number of hydrogen-bond acceptors (Lipinski definition) is 5. The van der Waals surface area contributed by atoms with Crippen molar-refractivity contribution in [1.29, 1.82) is 0 Å². The lowest BCUT2D eigenvalue weighted by atomic mass is 9.99. The summed E-state index contributed by atoms with van der Waals surface area (Å²) in [4.78, 5) is 17.0. The fourth-order valence-corrected chi connectivity index (χ4v) is 3.65. The highest BCUT2D eigenvalue weighted by Crippen LogP contribution is 2.31. The van der Waals surface area contributed by atoms with E-state index in [1.54, 1.807) is 23.0 Å². The number of benzene rings is 1. The summed E-state index contributed by atoms with van der Waals surface area (Å²) in [5.41, 5.74) is 1.73. The fourth-order valence-electron chi connectivity index (χ4n) is 3.45. The zero-order valence-corrected chi connectivity index (χ0v) is 16.6. The number of carbonyl (C=O) groups is 1. The van der Waals surface area contributed by atoms with Gasteiger partial charge in [-0.2, -0.15) is 5.10 Å². The summed E-state index contributed by atoms with van der Waals surface area (Å²) < 4.78 is 7.74. The van der Waals surface area contributed by atoms with Crippen LogP contribution < -0.4 is 0 Å². The summed E-state index contributed by atoms with van der Waals surface area (Å²) in [6.07, 6.45) is 3.80. The van der Waals surface area contributed by atoms with Crippen LogP contribution in [0.1, 0.15) is 17.2 Å². The van der Waals surface area contributed by atoms with Gasteiger partial charge in [0, 0.05) is 31.9 Å². The fraction of sp³-hybridized carbons (Fsp3) is 0.474. The van der Waals surface area contributed by atoms with Crippen molar-refractivity contribution in [1.82, 2.24) is 19.6 Å². The van der Waals surface area contributed by atoms with E-state index in [-0.39, 0.29) is 35.2 Å². The summed E-state index contributed by atoms with van der Waals surface area (Å²) in [5, 5.41) is 14.1. The highest BCUT2D eigenvalue weighted by atomic mass is 35.5. The maximum Gasteiger partial charge on any atom is 0.227 e. The number of nitrogens with zero attached hydrogens (tertiary/aromatic N) is 4. The van der Waals surface area contributed by atoms with E-state index in [0.717, 1.165) is 11.1 Å².